The predicted octanol–water partition coefficient (Wildman–Crippen LogP) is 27.7. The molecule has 0 aromatic rings. The zero-order chi connectivity index (χ0) is 61.9. The summed E-state index contributed by atoms with van der Waals surface area (Å²) in [6.07, 6.45) is 104. The molecule has 0 aliphatic heterocycles. The number of ether oxygens (including phenoxy) is 2. The minimum atomic E-state index is -0.769. The van der Waals surface area contributed by atoms with Crippen LogP contribution in [0.25, 0.3) is 0 Å². The molecule has 0 aliphatic carbocycles. The van der Waals surface area contributed by atoms with Gasteiger partial charge in [0, 0.05) is 12.8 Å². The number of hydrogen-bond donors (Lipinski definition) is 1. The van der Waals surface area contributed by atoms with Gasteiger partial charge >= 0.3 is 11.9 Å². The lowest BCUT2D eigenvalue weighted by Gasteiger charge is -2.15. The lowest BCUT2D eigenvalue weighted by Crippen LogP contribution is -2.28. The molecular weight excluding hydrogens is 1050 g/mol. The van der Waals surface area contributed by atoms with Gasteiger partial charge in [-0.05, 0) is 70.6 Å². The molecule has 86 heavy (non-hydrogen) atoms. The predicted molar refractivity (Wildman–Crippen MR) is 381 cm³/mol. The van der Waals surface area contributed by atoms with Crippen LogP contribution in [0.3, 0.4) is 0 Å². The van der Waals surface area contributed by atoms with E-state index in [9.17, 15) is 14.7 Å². The monoisotopic (exact) mass is 1210 g/mol. The first-order chi connectivity index (χ1) is 42.6. The van der Waals surface area contributed by atoms with E-state index in [0.29, 0.717) is 12.8 Å². The molecule has 0 fully saturated rings. The third-order valence-corrected chi connectivity index (χ3v) is 18.4. The third kappa shape index (κ3) is 74.6. The molecule has 0 radical (unpaired) electrons. The van der Waals surface area contributed by atoms with E-state index in [4.69, 9.17) is 9.47 Å². The highest BCUT2D eigenvalue weighted by molar-refractivity contribution is 5.70. The summed E-state index contributed by atoms with van der Waals surface area (Å²) in [5, 5.41) is 9.73. The van der Waals surface area contributed by atoms with Gasteiger partial charge < -0.3 is 14.6 Å². The van der Waals surface area contributed by atoms with Crippen molar-refractivity contribution in [3.63, 3.8) is 0 Å². The van der Waals surface area contributed by atoms with Crippen LogP contribution in [0.1, 0.15) is 450 Å². The maximum atomic E-state index is 12.4. The smallest absolute Gasteiger partial charge is 0.306 e. The van der Waals surface area contributed by atoms with Gasteiger partial charge in [-0.15, -0.1) is 0 Å². The van der Waals surface area contributed by atoms with E-state index in [1.165, 1.54) is 385 Å². The van der Waals surface area contributed by atoms with E-state index in [-0.39, 0.29) is 25.2 Å². The first kappa shape index (κ1) is 84.1. The van der Waals surface area contributed by atoms with Crippen molar-refractivity contribution in [1.29, 1.82) is 0 Å². The largest absolute Gasteiger partial charge is 0.462 e. The molecule has 0 aromatic heterocycles. The molecule has 0 rings (SSSR count). The van der Waals surface area contributed by atoms with Gasteiger partial charge in [-0.1, -0.05) is 403 Å². The van der Waals surface area contributed by atoms with Gasteiger partial charge in [-0.25, -0.2) is 0 Å². The van der Waals surface area contributed by atoms with Crippen LogP contribution in [0.5, 0.6) is 0 Å². The molecule has 0 aliphatic rings. The summed E-state index contributed by atoms with van der Waals surface area (Å²) in [6.45, 7) is 4.20. The zero-order valence-electron chi connectivity index (χ0n) is 58.6. The second-order valence-corrected chi connectivity index (χ2v) is 27.1. The Labute approximate surface area is 539 Å². The maximum absolute atomic E-state index is 12.4. The number of aliphatic hydroxyl groups excluding tert-OH is 1. The molecule has 508 valence electrons. The quantitative estimate of drug-likeness (QED) is 0.0373. The highest BCUT2D eigenvalue weighted by atomic mass is 16.6. The van der Waals surface area contributed by atoms with Crippen molar-refractivity contribution < 1.29 is 24.2 Å². The van der Waals surface area contributed by atoms with Crippen LogP contribution in [0, 0.1) is 0 Å². The Morgan fingerprint density at radius 1 is 0.267 bits per heavy atom. The zero-order valence-corrected chi connectivity index (χ0v) is 58.6. The van der Waals surface area contributed by atoms with Crippen molar-refractivity contribution in [1.82, 2.24) is 0 Å². The van der Waals surface area contributed by atoms with Crippen molar-refractivity contribution in [2.24, 2.45) is 0 Å². The fourth-order valence-electron chi connectivity index (χ4n) is 12.5. The van der Waals surface area contributed by atoms with E-state index < -0.39 is 6.10 Å². The summed E-state index contributed by atoms with van der Waals surface area (Å²) in [7, 11) is 0. The number of carbonyl (C=O) groups is 2. The van der Waals surface area contributed by atoms with Crippen LogP contribution in [0.2, 0.25) is 0 Å². The topological polar surface area (TPSA) is 72.8 Å². The summed E-state index contributed by atoms with van der Waals surface area (Å²) < 4.78 is 10.8. The van der Waals surface area contributed by atoms with Crippen LogP contribution in [-0.2, 0) is 19.1 Å². The number of hydrogen-bond acceptors (Lipinski definition) is 5. The number of rotatable bonds is 75. The Morgan fingerprint density at radius 2 is 0.465 bits per heavy atom. The molecule has 0 bridgehead atoms. The fraction of sp³-hybridized carbons (Fsp3) is 0.901. The average molecular weight is 1210 g/mol. The summed E-state index contributed by atoms with van der Waals surface area (Å²) in [6, 6.07) is 0. The van der Waals surface area contributed by atoms with Crippen molar-refractivity contribution in [2.75, 3.05) is 13.2 Å². The lowest BCUT2D eigenvalue weighted by atomic mass is 10.0. The molecule has 5 heteroatoms. The maximum Gasteiger partial charge on any atom is 0.306 e. The second-order valence-electron chi connectivity index (χ2n) is 27.1. The van der Waals surface area contributed by atoms with Crippen molar-refractivity contribution >= 4 is 11.9 Å². The molecule has 0 saturated heterocycles. The molecule has 1 atom stereocenters. The first-order valence-electron chi connectivity index (χ1n) is 39.5. The van der Waals surface area contributed by atoms with E-state index >= 15 is 0 Å². The van der Waals surface area contributed by atoms with Gasteiger partial charge in [-0.2, -0.15) is 0 Å². The van der Waals surface area contributed by atoms with Gasteiger partial charge in [0.2, 0.25) is 0 Å². The van der Waals surface area contributed by atoms with Gasteiger partial charge in [0.05, 0.1) is 6.61 Å². The number of carbonyl (C=O) groups excluding carboxylic acids is 2. The molecule has 1 N–H and O–H groups in total. The first-order valence-corrected chi connectivity index (χ1v) is 39.5. The Bertz CT molecular complexity index is 1370. The summed E-state index contributed by atoms with van der Waals surface area (Å²) in [5.41, 5.74) is 0. The summed E-state index contributed by atoms with van der Waals surface area (Å²) in [5.74, 6) is -0.561. The van der Waals surface area contributed by atoms with E-state index in [2.05, 4.69) is 50.3 Å². The van der Waals surface area contributed by atoms with Crippen LogP contribution in [0.15, 0.2) is 36.5 Å². The lowest BCUT2D eigenvalue weighted by molar-refractivity contribution is -0.161. The van der Waals surface area contributed by atoms with E-state index in [0.717, 1.165) is 38.5 Å². The average Bonchev–Trinajstić information content (AvgIpc) is 3.53. The number of esters is 2. The number of allylic oxidation sites excluding steroid dienone is 6. The highest BCUT2D eigenvalue weighted by Crippen LogP contribution is 2.20. The van der Waals surface area contributed by atoms with E-state index in [1.54, 1.807) is 0 Å². The molecule has 0 amide bonds. The van der Waals surface area contributed by atoms with Gasteiger partial charge in [0.15, 0.2) is 6.10 Å². The Kier molecular flexibility index (Phi) is 75.7. The molecule has 0 heterocycles. The summed E-state index contributed by atoms with van der Waals surface area (Å²) in [4.78, 5) is 24.7. The number of aliphatic hydroxyl groups is 1. The fourth-order valence-corrected chi connectivity index (χ4v) is 12.5. The van der Waals surface area contributed by atoms with Crippen LogP contribution >= 0.6 is 0 Å². The van der Waals surface area contributed by atoms with Gasteiger partial charge in [-0.3, -0.25) is 9.59 Å². The van der Waals surface area contributed by atoms with Crippen LogP contribution in [0.4, 0.5) is 0 Å². The van der Waals surface area contributed by atoms with Crippen molar-refractivity contribution in [3.05, 3.63) is 36.5 Å². The molecule has 5 nitrogen and oxygen atoms in total. The number of unbranched alkanes of at least 4 members (excludes halogenated alkanes) is 61. The molecule has 0 spiro atoms. The molecule has 0 aromatic carbocycles. The second kappa shape index (κ2) is 77.4. The Hall–Kier alpha value is -1.88. The Balaban J connectivity index is 3.36. The highest BCUT2D eigenvalue weighted by Gasteiger charge is 2.16. The minimum Gasteiger partial charge on any atom is -0.462 e. The normalized spacial score (nSPS) is 12.3. The van der Waals surface area contributed by atoms with Crippen molar-refractivity contribution in [2.45, 2.75) is 457 Å². The van der Waals surface area contributed by atoms with Gasteiger partial charge in [0.25, 0.3) is 0 Å². The summed E-state index contributed by atoms with van der Waals surface area (Å²) >= 11 is 0. The van der Waals surface area contributed by atoms with Crippen LogP contribution in [-0.4, -0.2) is 36.4 Å². The minimum absolute atomic E-state index is 0.0580. The Morgan fingerprint density at radius 3 is 0.698 bits per heavy atom. The molecule has 0 saturated carbocycles. The third-order valence-electron chi connectivity index (χ3n) is 18.4. The molecular formula is C81H154O5. The van der Waals surface area contributed by atoms with Gasteiger partial charge in [0.1, 0.15) is 6.61 Å². The van der Waals surface area contributed by atoms with Crippen LogP contribution < -0.4 is 0 Å². The SMILES string of the molecule is CCCCCCC/C=C\C/C=C\CCCCCCCCCCCCCCCCCCCCCCCCCCCC(=O)OC(CO)COC(=O)CCCCCCCCCCCCCCCCCCCCCCCCC/C=C\CCCCCCCCCC. The molecule has 1 unspecified atom stereocenters. The van der Waals surface area contributed by atoms with Crippen molar-refractivity contribution in [3.8, 4) is 0 Å². The van der Waals surface area contributed by atoms with E-state index in [1.807, 2.05) is 0 Å². The standard InChI is InChI=1S/C81H154O5/c1-3-5-7-9-11-13-15-17-19-21-23-25-27-29-31-33-35-37-39-40-42-44-46-48-50-52-54-56-58-60-62-64-66-68-70-72-74-76-81(84)86-79(77-82)78-85-80(83)75-73-71-69-67-65-63-61-59-57-55-53-51-49-47-45-43-41-38-36-34-32-30-28-26-24-22-20-18-16-14-12-10-8-6-4-2/h15,17,21-24,79,82H,3-14,16,18-20,25-78H2,1-2H3/b17-15-,23-21-,24-22-.